The number of ether oxygens (including phenoxy) is 1. The molecule has 0 aliphatic carbocycles. The molecule has 28 heavy (non-hydrogen) atoms. The van der Waals surface area contributed by atoms with Crippen molar-refractivity contribution in [3.05, 3.63) is 0 Å². The van der Waals surface area contributed by atoms with Crippen LogP contribution in [0.4, 0.5) is 0 Å². The molecule has 0 aromatic rings. The van der Waals surface area contributed by atoms with Crippen LogP contribution >= 0.6 is 0 Å². The summed E-state index contributed by atoms with van der Waals surface area (Å²) < 4.78 is 5.18. The van der Waals surface area contributed by atoms with Crippen molar-refractivity contribution in [3.8, 4) is 0 Å². The SMILES string of the molecule is CCCCCCCCCCCCCCCCCCCCCCOC(=O)CCC. The van der Waals surface area contributed by atoms with Gasteiger partial charge in [-0.3, -0.25) is 4.79 Å². The van der Waals surface area contributed by atoms with Crippen LogP contribution in [0, 0.1) is 0 Å². The molecule has 0 aromatic heterocycles. The molecule has 0 saturated carbocycles. The Labute approximate surface area is 177 Å². The van der Waals surface area contributed by atoms with Crippen LogP contribution in [-0.2, 0) is 9.53 Å². The van der Waals surface area contributed by atoms with Crippen LogP contribution in [0.2, 0.25) is 0 Å². The first kappa shape index (κ1) is 27.5. The van der Waals surface area contributed by atoms with Crippen molar-refractivity contribution < 1.29 is 9.53 Å². The smallest absolute Gasteiger partial charge is 0.305 e. The van der Waals surface area contributed by atoms with Gasteiger partial charge in [-0.1, -0.05) is 136 Å². The molecule has 0 rings (SSSR count). The highest BCUT2D eigenvalue weighted by Crippen LogP contribution is 2.14. The molecule has 0 unspecified atom stereocenters. The molecule has 0 atom stereocenters. The van der Waals surface area contributed by atoms with E-state index in [2.05, 4.69) is 6.92 Å². The summed E-state index contributed by atoms with van der Waals surface area (Å²) in [6.45, 7) is 4.93. The lowest BCUT2D eigenvalue weighted by molar-refractivity contribution is -0.143. The van der Waals surface area contributed by atoms with Gasteiger partial charge in [0.05, 0.1) is 6.61 Å². The van der Waals surface area contributed by atoms with Crippen molar-refractivity contribution in [2.75, 3.05) is 6.61 Å². The van der Waals surface area contributed by atoms with Crippen LogP contribution < -0.4 is 0 Å². The maximum atomic E-state index is 11.2. The molecule has 168 valence electrons. The maximum absolute atomic E-state index is 11.2. The largest absolute Gasteiger partial charge is 0.466 e. The quantitative estimate of drug-likeness (QED) is 0.127. The van der Waals surface area contributed by atoms with Gasteiger partial charge in [0.25, 0.3) is 0 Å². The van der Waals surface area contributed by atoms with Crippen molar-refractivity contribution in [3.63, 3.8) is 0 Å². The van der Waals surface area contributed by atoms with Crippen LogP contribution in [-0.4, -0.2) is 12.6 Å². The Balaban J connectivity index is 3.02. The second kappa shape index (κ2) is 24.5. The fourth-order valence-corrected chi connectivity index (χ4v) is 3.82. The number of carbonyl (C=O) groups excluding carboxylic acids is 1. The zero-order valence-corrected chi connectivity index (χ0v) is 19.6. The van der Waals surface area contributed by atoms with E-state index in [0.717, 1.165) is 12.8 Å². The Morgan fingerprint density at radius 2 is 0.786 bits per heavy atom. The molecule has 0 saturated heterocycles. The molecular formula is C26H52O2. The number of esters is 1. The van der Waals surface area contributed by atoms with Crippen LogP contribution in [0.15, 0.2) is 0 Å². The molecule has 0 aliphatic rings. The van der Waals surface area contributed by atoms with Crippen LogP contribution in [0.3, 0.4) is 0 Å². The molecule has 0 aliphatic heterocycles. The molecular weight excluding hydrogens is 344 g/mol. The van der Waals surface area contributed by atoms with Crippen molar-refractivity contribution in [2.24, 2.45) is 0 Å². The van der Waals surface area contributed by atoms with E-state index >= 15 is 0 Å². The van der Waals surface area contributed by atoms with E-state index in [-0.39, 0.29) is 5.97 Å². The summed E-state index contributed by atoms with van der Waals surface area (Å²) in [7, 11) is 0. The molecule has 2 heteroatoms. The molecule has 0 N–H and O–H groups in total. The van der Waals surface area contributed by atoms with Gasteiger partial charge in [0.15, 0.2) is 0 Å². The van der Waals surface area contributed by atoms with Gasteiger partial charge in [0, 0.05) is 6.42 Å². The topological polar surface area (TPSA) is 26.3 Å². The second-order valence-electron chi connectivity index (χ2n) is 8.69. The van der Waals surface area contributed by atoms with Gasteiger partial charge in [-0.05, 0) is 12.8 Å². The summed E-state index contributed by atoms with van der Waals surface area (Å²) in [4.78, 5) is 11.2. The first-order valence-corrected chi connectivity index (χ1v) is 13.0. The Hall–Kier alpha value is -0.530. The summed E-state index contributed by atoms with van der Waals surface area (Å²) >= 11 is 0. The lowest BCUT2D eigenvalue weighted by atomic mass is 10.0. The first-order chi connectivity index (χ1) is 13.8. The monoisotopic (exact) mass is 396 g/mol. The van der Waals surface area contributed by atoms with E-state index < -0.39 is 0 Å². The lowest BCUT2D eigenvalue weighted by Gasteiger charge is -2.05. The van der Waals surface area contributed by atoms with Crippen molar-refractivity contribution in [2.45, 2.75) is 155 Å². The average Bonchev–Trinajstić information content (AvgIpc) is 2.69. The fourth-order valence-electron chi connectivity index (χ4n) is 3.82. The van der Waals surface area contributed by atoms with E-state index in [1.807, 2.05) is 6.92 Å². The third-order valence-corrected chi connectivity index (χ3v) is 5.72. The van der Waals surface area contributed by atoms with E-state index in [1.54, 1.807) is 0 Å². The highest BCUT2D eigenvalue weighted by molar-refractivity contribution is 5.69. The summed E-state index contributed by atoms with van der Waals surface area (Å²) in [6, 6.07) is 0. The van der Waals surface area contributed by atoms with E-state index in [0.29, 0.717) is 13.0 Å². The number of rotatable bonds is 23. The van der Waals surface area contributed by atoms with E-state index in [1.165, 1.54) is 122 Å². The standard InChI is InChI=1S/C26H52O2/c1-3-5-6-7-8-9-10-11-12-13-14-15-16-17-18-19-20-21-22-23-25-28-26(27)24-4-2/h3-25H2,1-2H3. The van der Waals surface area contributed by atoms with E-state index in [4.69, 9.17) is 4.74 Å². The van der Waals surface area contributed by atoms with Crippen LogP contribution in [0.5, 0.6) is 0 Å². The average molecular weight is 397 g/mol. The number of carbonyl (C=O) groups is 1. The lowest BCUT2D eigenvalue weighted by Crippen LogP contribution is -2.04. The highest BCUT2D eigenvalue weighted by Gasteiger charge is 2.00. The molecule has 0 radical (unpaired) electrons. The number of hydrogen-bond donors (Lipinski definition) is 0. The molecule has 0 bridgehead atoms. The molecule has 0 aromatic carbocycles. The Morgan fingerprint density at radius 1 is 0.464 bits per heavy atom. The second-order valence-corrected chi connectivity index (χ2v) is 8.69. The third-order valence-electron chi connectivity index (χ3n) is 5.72. The summed E-state index contributed by atoms with van der Waals surface area (Å²) in [5.74, 6) is -0.0275. The van der Waals surface area contributed by atoms with Crippen molar-refractivity contribution in [1.82, 2.24) is 0 Å². The predicted octanol–water partition coefficient (Wildman–Crippen LogP) is 9.15. The van der Waals surface area contributed by atoms with Gasteiger partial charge < -0.3 is 4.74 Å². The molecule has 0 spiro atoms. The molecule has 0 heterocycles. The Morgan fingerprint density at radius 3 is 1.11 bits per heavy atom. The minimum atomic E-state index is -0.0275. The van der Waals surface area contributed by atoms with Gasteiger partial charge in [0.1, 0.15) is 0 Å². The molecule has 0 amide bonds. The minimum Gasteiger partial charge on any atom is -0.466 e. The normalized spacial score (nSPS) is 11.1. The predicted molar refractivity (Wildman–Crippen MR) is 124 cm³/mol. The van der Waals surface area contributed by atoms with Crippen molar-refractivity contribution >= 4 is 5.97 Å². The van der Waals surface area contributed by atoms with Gasteiger partial charge in [-0.25, -0.2) is 0 Å². The fraction of sp³-hybridized carbons (Fsp3) is 0.962. The van der Waals surface area contributed by atoms with Crippen LogP contribution in [0.1, 0.15) is 155 Å². The van der Waals surface area contributed by atoms with E-state index in [9.17, 15) is 4.79 Å². The zero-order valence-electron chi connectivity index (χ0n) is 19.6. The zero-order chi connectivity index (χ0) is 20.5. The third kappa shape index (κ3) is 23.5. The van der Waals surface area contributed by atoms with Crippen LogP contribution in [0.25, 0.3) is 0 Å². The Kier molecular flexibility index (Phi) is 24.0. The minimum absolute atomic E-state index is 0.0275. The Bertz CT molecular complexity index is 301. The molecule has 0 fully saturated rings. The maximum Gasteiger partial charge on any atom is 0.305 e. The summed E-state index contributed by atoms with van der Waals surface area (Å²) in [5.41, 5.74) is 0. The summed E-state index contributed by atoms with van der Waals surface area (Å²) in [5, 5.41) is 0. The van der Waals surface area contributed by atoms with Gasteiger partial charge in [-0.15, -0.1) is 0 Å². The van der Waals surface area contributed by atoms with Gasteiger partial charge >= 0.3 is 5.97 Å². The number of hydrogen-bond acceptors (Lipinski definition) is 2. The summed E-state index contributed by atoms with van der Waals surface area (Å²) in [6.07, 6.45) is 29.4. The van der Waals surface area contributed by atoms with Gasteiger partial charge in [0.2, 0.25) is 0 Å². The van der Waals surface area contributed by atoms with Crippen molar-refractivity contribution in [1.29, 1.82) is 0 Å². The number of unbranched alkanes of at least 4 members (excludes halogenated alkanes) is 19. The highest BCUT2D eigenvalue weighted by atomic mass is 16.5. The molecule has 2 nitrogen and oxygen atoms in total. The first-order valence-electron chi connectivity index (χ1n) is 13.0. The van der Waals surface area contributed by atoms with Gasteiger partial charge in [-0.2, -0.15) is 0 Å².